The first-order valence-corrected chi connectivity index (χ1v) is 9.52. The fourth-order valence-corrected chi connectivity index (χ4v) is 3.28. The van der Waals surface area contributed by atoms with Gasteiger partial charge in [-0.25, -0.2) is 4.98 Å². The highest BCUT2D eigenvalue weighted by molar-refractivity contribution is 5.93. The van der Waals surface area contributed by atoms with Crippen LogP contribution in [0.3, 0.4) is 0 Å². The maximum absolute atomic E-state index is 9.37. The molecule has 0 radical (unpaired) electrons. The van der Waals surface area contributed by atoms with Crippen LogP contribution in [0.4, 0.5) is 5.82 Å². The second kappa shape index (κ2) is 8.08. The van der Waals surface area contributed by atoms with Gasteiger partial charge in [0.2, 0.25) is 5.88 Å². The Bertz CT molecular complexity index is 946. The van der Waals surface area contributed by atoms with Gasteiger partial charge in [0.1, 0.15) is 6.23 Å². The number of pyridine rings is 1. The number of rotatable bonds is 5. The summed E-state index contributed by atoms with van der Waals surface area (Å²) in [6.07, 6.45) is 2.61. The average molecular weight is 380 g/mol. The minimum Gasteiger partial charge on any atom is -0.493 e. The van der Waals surface area contributed by atoms with Crippen molar-refractivity contribution in [3.05, 3.63) is 53.9 Å². The fourth-order valence-electron chi connectivity index (χ4n) is 3.28. The van der Waals surface area contributed by atoms with Crippen molar-refractivity contribution in [3.63, 3.8) is 0 Å². The van der Waals surface area contributed by atoms with E-state index in [0.29, 0.717) is 18.8 Å². The van der Waals surface area contributed by atoms with Gasteiger partial charge >= 0.3 is 0 Å². The minimum absolute atomic E-state index is 0.00963. The van der Waals surface area contributed by atoms with Crippen LogP contribution in [0.5, 0.6) is 5.88 Å². The molecule has 2 atom stereocenters. The molecule has 7 nitrogen and oxygen atoms in total. The van der Waals surface area contributed by atoms with E-state index in [9.17, 15) is 5.11 Å². The largest absolute Gasteiger partial charge is 0.493 e. The third-order valence-electron chi connectivity index (χ3n) is 4.75. The number of aromatic hydroxyl groups is 1. The summed E-state index contributed by atoms with van der Waals surface area (Å²) in [6.45, 7) is 4.81. The molecule has 1 aliphatic rings. The van der Waals surface area contributed by atoms with Gasteiger partial charge in [0.15, 0.2) is 12.1 Å². The molecule has 0 unspecified atom stereocenters. The molecule has 7 heteroatoms. The Hall–Kier alpha value is -2.77. The molecule has 3 heterocycles. The zero-order valence-corrected chi connectivity index (χ0v) is 16.0. The maximum Gasteiger partial charge on any atom is 0.210 e. The Morgan fingerprint density at radius 1 is 1.14 bits per heavy atom. The number of nitrogens with one attached hydrogen (secondary N) is 1. The van der Waals surface area contributed by atoms with E-state index in [1.807, 2.05) is 30.3 Å². The van der Waals surface area contributed by atoms with Crippen LogP contribution < -0.4 is 5.32 Å². The Balaban J connectivity index is 1.59. The van der Waals surface area contributed by atoms with Crippen LogP contribution in [0.2, 0.25) is 0 Å². The van der Waals surface area contributed by atoms with Gasteiger partial charge in [-0.2, -0.15) is 5.10 Å². The maximum atomic E-state index is 9.37. The highest BCUT2D eigenvalue weighted by atomic mass is 16.7. The molecule has 28 heavy (non-hydrogen) atoms. The van der Waals surface area contributed by atoms with Gasteiger partial charge in [-0.1, -0.05) is 44.2 Å². The van der Waals surface area contributed by atoms with Crippen molar-refractivity contribution >= 4 is 16.6 Å². The summed E-state index contributed by atoms with van der Waals surface area (Å²) in [4.78, 5) is 3.94. The van der Waals surface area contributed by atoms with Crippen LogP contribution in [0, 0.1) is 5.92 Å². The zero-order chi connectivity index (χ0) is 19.5. The van der Waals surface area contributed by atoms with E-state index >= 15 is 0 Å². The lowest BCUT2D eigenvalue weighted by atomic mass is 10.1. The first-order chi connectivity index (χ1) is 13.6. The number of aromatic nitrogens is 3. The lowest BCUT2D eigenvalue weighted by molar-refractivity contribution is -0.223. The zero-order valence-electron chi connectivity index (χ0n) is 16.0. The summed E-state index contributed by atoms with van der Waals surface area (Å²) in [5.41, 5.74) is 1.83. The third-order valence-corrected chi connectivity index (χ3v) is 4.75. The molecule has 146 valence electrons. The molecule has 4 rings (SSSR count). The fraction of sp³-hybridized carbons (Fsp3) is 0.381. The molecule has 1 fully saturated rings. The van der Waals surface area contributed by atoms with Gasteiger partial charge in [-0.3, -0.25) is 0 Å². The Morgan fingerprint density at radius 3 is 2.71 bits per heavy atom. The first-order valence-electron chi connectivity index (χ1n) is 9.52. The first kappa shape index (κ1) is 18.6. The summed E-state index contributed by atoms with van der Waals surface area (Å²) >= 11 is 0. The van der Waals surface area contributed by atoms with Crippen LogP contribution >= 0.6 is 0 Å². The topological polar surface area (TPSA) is 89.4 Å². The van der Waals surface area contributed by atoms with Gasteiger partial charge in [0.05, 0.1) is 12.3 Å². The van der Waals surface area contributed by atoms with Crippen molar-refractivity contribution in [2.45, 2.75) is 39.2 Å². The van der Waals surface area contributed by atoms with Gasteiger partial charge in [0, 0.05) is 41.8 Å². The quantitative estimate of drug-likeness (QED) is 0.700. The number of hydrogen-bond donors (Lipinski definition) is 2. The SMILES string of the molecule is CC(C)[C@@H]1OCC[C@@H](Nc2nnc(Cc3ccc(O)nc3)c3ccccc23)O1. The molecule has 0 bridgehead atoms. The summed E-state index contributed by atoms with van der Waals surface area (Å²) in [6, 6.07) is 11.5. The molecule has 1 aliphatic heterocycles. The predicted molar refractivity (Wildman–Crippen MR) is 106 cm³/mol. The summed E-state index contributed by atoms with van der Waals surface area (Å²) in [5, 5.41) is 23.7. The number of anilines is 1. The average Bonchev–Trinajstić information content (AvgIpc) is 2.71. The molecule has 0 amide bonds. The monoisotopic (exact) mass is 380 g/mol. The van der Waals surface area contributed by atoms with Gasteiger partial charge in [-0.05, 0) is 5.56 Å². The highest BCUT2D eigenvalue weighted by Gasteiger charge is 2.26. The lowest BCUT2D eigenvalue weighted by Crippen LogP contribution is -2.39. The molecule has 0 spiro atoms. The van der Waals surface area contributed by atoms with E-state index < -0.39 is 0 Å². The van der Waals surface area contributed by atoms with Crippen LogP contribution in [0.25, 0.3) is 10.8 Å². The van der Waals surface area contributed by atoms with E-state index in [4.69, 9.17) is 9.47 Å². The van der Waals surface area contributed by atoms with E-state index in [1.165, 1.54) is 0 Å². The van der Waals surface area contributed by atoms with Crippen LogP contribution in [0.1, 0.15) is 31.5 Å². The van der Waals surface area contributed by atoms with Crippen molar-refractivity contribution in [2.24, 2.45) is 5.92 Å². The van der Waals surface area contributed by atoms with Crippen LogP contribution in [-0.4, -0.2) is 39.4 Å². The number of hydrogen-bond acceptors (Lipinski definition) is 7. The smallest absolute Gasteiger partial charge is 0.210 e. The van der Waals surface area contributed by atoms with Gasteiger partial charge < -0.3 is 19.9 Å². The third kappa shape index (κ3) is 4.05. The van der Waals surface area contributed by atoms with Crippen molar-refractivity contribution in [1.29, 1.82) is 0 Å². The number of fused-ring (bicyclic) bond motifs is 1. The number of nitrogens with zero attached hydrogens (tertiary/aromatic N) is 3. The molecule has 1 aromatic carbocycles. The minimum atomic E-state index is -0.216. The standard InChI is InChI=1S/C21H24N4O3/c1-13(2)21-27-10-9-19(28-21)23-20-16-6-4-3-5-15(16)17(24-25-20)11-14-7-8-18(26)22-12-14/h3-8,12-13,19,21H,9-11H2,1-2H3,(H,22,26)(H,23,25)/t19-,21+/m0/s1. The second-order valence-corrected chi connectivity index (χ2v) is 7.28. The molecule has 1 saturated heterocycles. The Kier molecular flexibility index (Phi) is 5.36. The van der Waals surface area contributed by atoms with E-state index in [-0.39, 0.29) is 24.3 Å². The van der Waals surface area contributed by atoms with E-state index in [0.717, 1.165) is 28.5 Å². The van der Waals surface area contributed by atoms with Crippen molar-refractivity contribution in [2.75, 3.05) is 11.9 Å². The van der Waals surface area contributed by atoms with Crippen LogP contribution in [0.15, 0.2) is 42.6 Å². The van der Waals surface area contributed by atoms with Crippen LogP contribution in [-0.2, 0) is 15.9 Å². The summed E-state index contributed by atoms with van der Waals surface area (Å²) < 4.78 is 11.7. The summed E-state index contributed by atoms with van der Waals surface area (Å²) in [5.74, 6) is 1.00. The number of benzene rings is 1. The second-order valence-electron chi connectivity index (χ2n) is 7.28. The van der Waals surface area contributed by atoms with Crippen molar-refractivity contribution < 1.29 is 14.6 Å². The molecular weight excluding hydrogens is 356 g/mol. The molecule has 0 saturated carbocycles. The molecule has 3 aromatic rings. The van der Waals surface area contributed by atoms with E-state index in [1.54, 1.807) is 12.3 Å². The predicted octanol–water partition coefficient (Wildman–Crippen LogP) is 3.48. The van der Waals surface area contributed by atoms with Crippen molar-refractivity contribution in [1.82, 2.24) is 15.2 Å². The molecular formula is C21H24N4O3. The Morgan fingerprint density at radius 2 is 1.96 bits per heavy atom. The Labute approximate surface area is 163 Å². The van der Waals surface area contributed by atoms with Crippen molar-refractivity contribution in [3.8, 4) is 5.88 Å². The highest BCUT2D eigenvalue weighted by Crippen LogP contribution is 2.27. The van der Waals surface area contributed by atoms with E-state index in [2.05, 4.69) is 34.3 Å². The van der Waals surface area contributed by atoms with Gasteiger partial charge in [-0.15, -0.1) is 5.10 Å². The summed E-state index contributed by atoms with van der Waals surface area (Å²) in [7, 11) is 0. The molecule has 2 N–H and O–H groups in total. The normalized spacial score (nSPS) is 19.8. The molecule has 2 aromatic heterocycles. The molecule has 0 aliphatic carbocycles. The lowest BCUT2D eigenvalue weighted by Gasteiger charge is -2.33. The number of ether oxygens (including phenoxy) is 2. The van der Waals surface area contributed by atoms with Gasteiger partial charge in [0.25, 0.3) is 0 Å².